The zero-order chi connectivity index (χ0) is 16.6. The maximum atomic E-state index is 12.9. The van der Waals surface area contributed by atoms with Crippen LogP contribution in [0.15, 0.2) is 24.3 Å². The quantitative estimate of drug-likeness (QED) is 0.858. The van der Waals surface area contributed by atoms with Crippen LogP contribution in [-0.2, 0) is 19.6 Å². The number of benzene rings is 1. The highest BCUT2D eigenvalue weighted by molar-refractivity contribution is 7.88. The summed E-state index contributed by atoms with van der Waals surface area (Å²) in [5, 5.41) is 2.74. The molecule has 0 bridgehead atoms. The zero-order valence-electron chi connectivity index (χ0n) is 12.9. The summed E-state index contributed by atoms with van der Waals surface area (Å²) in [5.41, 5.74) is 1.27. The minimum absolute atomic E-state index is 0.0365. The van der Waals surface area contributed by atoms with Crippen LogP contribution in [0.25, 0.3) is 0 Å². The molecule has 0 aromatic heterocycles. The summed E-state index contributed by atoms with van der Waals surface area (Å²) in [6.45, 7) is 0.586. The molecule has 0 spiro atoms. The van der Waals surface area contributed by atoms with E-state index in [0.717, 1.165) is 6.26 Å². The number of hydrogen-bond acceptors (Lipinski definition) is 4. The predicted octanol–water partition coefficient (Wildman–Crippen LogP) is 0.643. The van der Waals surface area contributed by atoms with Gasteiger partial charge in [-0.1, -0.05) is 12.1 Å². The molecule has 3 rings (SSSR count). The first-order valence-electron chi connectivity index (χ1n) is 7.51. The van der Waals surface area contributed by atoms with Gasteiger partial charge in [-0.3, -0.25) is 9.59 Å². The van der Waals surface area contributed by atoms with Gasteiger partial charge in [0, 0.05) is 13.1 Å². The van der Waals surface area contributed by atoms with Gasteiger partial charge in [-0.2, -0.15) is 0 Å². The molecule has 0 radical (unpaired) electrons. The standard InChI is InChI=1S/C15H19N3O4S/c1-23(21,22)17-8-4-5-11(9-17)15(20)18-10-14(19)16-12-6-2-3-7-13(12)18/h2-3,6-7,11H,4-5,8-10H2,1H3,(H,16,19). The van der Waals surface area contributed by atoms with Gasteiger partial charge in [0.1, 0.15) is 6.54 Å². The predicted molar refractivity (Wildman–Crippen MR) is 86.6 cm³/mol. The fraction of sp³-hybridized carbons (Fsp3) is 0.467. The fourth-order valence-corrected chi connectivity index (χ4v) is 4.01. The van der Waals surface area contributed by atoms with Crippen molar-refractivity contribution in [1.82, 2.24) is 4.31 Å². The van der Waals surface area contributed by atoms with Gasteiger partial charge >= 0.3 is 0 Å². The third kappa shape index (κ3) is 3.23. The molecule has 124 valence electrons. The second kappa shape index (κ2) is 5.93. The number of fused-ring (bicyclic) bond motifs is 1. The van der Waals surface area contributed by atoms with Crippen LogP contribution < -0.4 is 10.2 Å². The lowest BCUT2D eigenvalue weighted by molar-refractivity contribution is -0.125. The summed E-state index contributed by atoms with van der Waals surface area (Å²) in [4.78, 5) is 26.2. The number of sulfonamides is 1. The molecule has 8 heteroatoms. The Bertz CT molecular complexity index is 747. The van der Waals surface area contributed by atoms with E-state index in [2.05, 4.69) is 5.32 Å². The third-order valence-electron chi connectivity index (χ3n) is 4.24. The number of amides is 2. The van der Waals surface area contributed by atoms with Crippen LogP contribution >= 0.6 is 0 Å². The number of nitrogens with zero attached hydrogens (tertiary/aromatic N) is 2. The average Bonchev–Trinajstić information content (AvgIpc) is 2.52. The number of piperidine rings is 1. The lowest BCUT2D eigenvalue weighted by Crippen LogP contribution is -2.49. The van der Waals surface area contributed by atoms with E-state index < -0.39 is 15.9 Å². The van der Waals surface area contributed by atoms with E-state index in [0.29, 0.717) is 30.8 Å². The molecule has 1 saturated heterocycles. The minimum atomic E-state index is -3.31. The van der Waals surface area contributed by atoms with Crippen molar-refractivity contribution < 1.29 is 18.0 Å². The first-order valence-corrected chi connectivity index (χ1v) is 9.36. The molecule has 0 aliphatic carbocycles. The van der Waals surface area contributed by atoms with Crippen molar-refractivity contribution in [2.75, 3.05) is 36.1 Å². The highest BCUT2D eigenvalue weighted by Gasteiger charge is 2.35. The Morgan fingerprint density at radius 3 is 2.78 bits per heavy atom. The van der Waals surface area contributed by atoms with Crippen molar-refractivity contribution in [3.05, 3.63) is 24.3 Å². The number of carbonyl (C=O) groups is 2. The van der Waals surface area contributed by atoms with Crippen LogP contribution in [0, 0.1) is 5.92 Å². The number of hydrogen-bond donors (Lipinski definition) is 1. The van der Waals surface area contributed by atoms with Gasteiger partial charge in [0.25, 0.3) is 0 Å². The Balaban J connectivity index is 1.84. The molecule has 1 fully saturated rings. The molecule has 2 amide bonds. The Kier molecular flexibility index (Phi) is 4.11. The Hall–Kier alpha value is -1.93. The van der Waals surface area contributed by atoms with Gasteiger partial charge in [-0.15, -0.1) is 0 Å². The van der Waals surface area contributed by atoms with Crippen molar-refractivity contribution >= 4 is 33.2 Å². The Labute approximate surface area is 135 Å². The van der Waals surface area contributed by atoms with Crippen molar-refractivity contribution in [2.45, 2.75) is 12.8 Å². The summed E-state index contributed by atoms with van der Waals surface area (Å²) in [6, 6.07) is 7.12. The van der Waals surface area contributed by atoms with Gasteiger partial charge in [0.05, 0.1) is 23.5 Å². The summed E-state index contributed by atoms with van der Waals surface area (Å²) >= 11 is 0. The van der Waals surface area contributed by atoms with Gasteiger partial charge in [-0.05, 0) is 25.0 Å². The number of carbonyl (C=O) groups excluding carboxylic acids is 2. The maximum Gasteiger partial charge on any atom is 0.244 e. The molecule has 2 heterocycles. The third-order valence-corrected chi connectivity index (χ3v) is 5.51. The van der Waals surface area contributed by atoms with Crippen LogP contribution in [-0.4, -0.2) is 50.4 Å². The summed E-state index contributed by atoms with van der Waals surface area (Å²) in [5.74, 6) is -0.856. The van der Waals surface area contributed by atoms with E-state index in [9.17, 15) is 18.0 Å². The number of anilines is 2. The molecule has 1 N–H and O–H groups in total. The minimum Gasteiger partial charge on any atom is -0.323 e. The van der Waals surface area contributed by atoms with Crippen LogP contribution in [0.2, 0.25) is 0 Å². The van der Waals surface area contributed by atoms with Gasteiger partial charge in [-0.25, -0.2) is 12.7 Å². The SMILES string of the molecule is CS(=O)(=O)N1CCCC(C(=O)N2CC(=O)Nc3ccccc32)C1. The monoisotopic (exact) mass is 337 g/mol. The lowest BCUT2D eigenvalue weighted by Gasteiger charge is -2.35. The normalized spacial score (nSPS) is 22.4. The first kappa shape index (κ1) is 15.9. The molecular formula is C15H19N3O4S. The smallest absolute Gasteiger partial charge is 0.244 e. The number of rotatable bonds is 2. The Morgan fingerprint density at radius 2 is 2.04 bits per heavy atom. The summed E-state index contributed by atoms with van der Waals surface area (Å²) < 4.78 is 24.8. The fourth-order valence-electron chi connectivity index (χ4n) is 3.10. The maximum absolute atomic E-state index is 12.9. The molecule has 1 atom stereocenters. The van der Waals surface area contributed by atoms with E-state index in [4.69, 9.17) is 0 Å². The number of nitrogens with one attached hydrogen (secondary N) is 1. The lowest BCUT2D eigenvalue weighted by atomic mass is 9.97. The van der Waals surface area contributed by atoms with Gasteiger partial charge in [0.2, 0.25) is 21.8 Å². The van der Waals surface area contributed by atoms with Gasteiger partial charge in [0.15, 0.2) is 0 Å². The summed E-state index contributed by atoms with van der Waals surface area (Å²) in [7, 11) is -3.31. The highest BCUT2D eigenvalue weighted by Crippen LogP contribution is 2.31. The molecule has 1 aromatic rings. The van der Waals surface area contributed by atoms with Crippen LogP contribution in [0.4, 0.5) is 11.4 Å². The zero-order valence-corrected chi connectivity index (χ0v) is 13.7. The van der Waals surface area contributed by atoms with Crippen LogP contribution in [0.3, 0.4) is 0 Å². The number of para-hydroxylation sites is 2. The van der Waals surface area contributed by atoms with E-state index in [1.54, 1.807) is 24.3 Å². The molecule has 2 aliphatic heterocycles. The van der Waals surface area contributed by atoms with Crippen molar-refractivity contribution in [3.63, 3.8) is 0 Å². The van der Waals surface area contributed by atoms with Gasteiger partial charge < -0.3 is 10.2 Å². The largest absolute Gasteiger partial charge is 0.323 e. The molecule has 23 heavy (non-hydrogen) atoms. The van der Waals surface area contributed by atoms with Crippen LogP contribution in [0.5, 0.6) is 0 Å². The van der Waals surface area contributed by atoms with Crippen LogP contribution in [0.1, 0.15) is 12.8 Å². The van der Waals surface area contributed by atoms with Crippen molar-refractivity contribution in [1.29, 1.82) is 0 Å². The van der Waals surface area contributed by atoms with E-state index in [1.807, 2.05) is 0 Å². The topological polar surface area (TPSA) is 86.8 Å². The van der Waals surface area contributed by atoms with E-state index >= 15 is 0 Å². The molecule has 2 aliphatic rings. The molecule has 1 aromatic carbocycles. The van der Waals surface area contributed by atoms with Crippen molar-refractivity contribution in [2.24, 2.45) is 5.92 Å². The average molecular weight is 337 g/mol. The highest BCUT2D eigenvalue weighted by atomic mass is 32.2. The second-order valence-corrected chi connectivity index (χ2v) is 7.93. The molecule has 0 saturated carbocycles. The van der Waals surface area contributed by atoms with Crippen molar-refractivity contribution in [3.8, 4) is 0 Å². The molecular weight excluding hydrogens is 318 g/mol. The molecule has 7 nitrogen and oxygen atoms in total. The summed E-state index contributed by atoms with van der Waals surface area (Å²) in [6.07, 6.45) is 2.43. The first-order chi connectivity index (χ1) is 10.9. The van der Waals surface area contributed by atoms with E-state index in [-0.39, 0.29) is 24.9 Å². The Morgan fingerprint density at radius 1 is 1.30 bits per heavy atom. The van der Waals surface area contributed by atoms with E-state index in [1.165, 1.54) is 9.21 Å². The second-order valence-electron chi connectivity index (χ2n) is 5.95. The molecule has 1 unspecified atom stereocenters.